The summed E-state index contributed by atoms with van der Waals surface area (Å²) in [6, 6.07) is 18.6. The Bertz CT molecular complexity index is 945. The number of hydrogen-bond acceptors (Lipinski definition) is 4. The van der Waals surface area contributed by atoms with Crippen molar-refractivity contribution in [1.82, 2.24) is 15.1 Å². The second-order valence-corrected chi connectivity index (χ2v) is 7.95. The molecule has 138 valence electrons. The molecule has 1 aliphatic rings. The highest BCUT2D eigenvalue weighted by Gasteiger charge is 2.23. The van der Waals surface area contributed by atoms with Crippen LogP contribution in [0, 0.1) is 0 Å². The van der Waals surface area contributed by atoms with Crippen LogP contribution in [0.5, 0.6) is 0 Å². The van der Waals surface area contributed by atoms with Crippen LogP contribution >= 0.6 is 11.8 Å². The van der Waals surface area contributed by atoms with Crippen molar-refractivity contribution >= 4 is 28.4 Å². The van der Waals surface area contributed by atoms with Crippen molar-refractivity contribution < 1.29 is 4.79 Å². The zero-order valence-corrected chi connectivity index (χ0v) is 16.3. The van der Waals surface area contributed by atoms with Gasteiger partial charge in [-0.05, 0) is 26.2 Å². The lowest BCUT2D eigenvalue weighted by molar-refractivity contribution is -0.131. The van der Waals surface area contributed by atoms with Crippen LogP contribution in [-0.4, -0.2) is 39.3 Å². The Hall–Kier alpha value is -2.40. The highest BCUT2D eigenvalue weighted by molar-refractivity contribution is 8.00. The Labute approximate surface area is 164 Å². The number of thioether (sulfide) groups is 1. The van der Waals surface area contributed by atoms with Gasteiger partial charge in [0.15, 0.2) is 0 Å². The number of carbonyl (C=O) groups is 1. The fraction of sp³-hybridized carbons (Fsp3) is 0.318. The minimum Gasteiger partial charge on any atom is -0.339 e. The van der Waals surface area contributed by atoms with E-state index >= 15 is 0 Å². The zero-order chi connectivity index (χ0) is 18.6. The third kappa shape index (κ3) is 3.83. The van der Waals surface area contributed by atoms with Crippen molar-refractivity contribution in [2.75, 3.05) is 12.3 Å². The van der Waals surface area contributed by atoms with E-state index in [1.165, 1.54) is 18.2 Å². The molecule has 1 atom stereocenters. The summed E-state index contributed by atoms with van der Waals surface area (Å²) in [5, 5.41) is 11.9. The molecule has 5 heteroatoms. The number of piperidine rings is 1. The maximum Gasteiger partial charge on any atom is 0.233 e. The SMILES string of the molecule is C[C@@H]1CCCCN1C(=O)CSc1nnc(-c2ccccc2)c2ccccc12. The summed E-state index contributed by atoms with van der Waals surface area (Å²) in [4.78, 5) is 14.7. The zero-order valence-electron chi connectivity index (χ0n) is 15.5. The minimum atomic E-state index is 0.199. The molecule has 27 heavy (non-hydrogen) atoms. The second kappa shape index (κ2) is 8.09. The number of likely N-dealkylation sites (tertiary alicyclic amines) is 1. The quantitative estimate of drug-likeness (QED) is 0.613. The van der Waals surface area contributed by atoms with Crippen LogP contribution in [0.4, 0.5) is 0 Å². The van der Waals surface area contributed by atoms with Gasteiger partial charge in [0.2, 0.25) is 5.91 Å². The lowest BCUT2D eigenvalue weighted by Crippen LogP contribution is -2.42. The Kier molecular flexibility index (Phi) is 5.39. The van der Waals surface area contributed by atoms with Gasteiger partial charge in [0, 0.05) is 28.9 Å². The van der Waals surface area contributed by atoms with E-state index in [-0.39, 0.29) is 5.91 Å². The van der Waals surface area contributed by atoms with Crippen molar-refractivity contribution in [3.8, 4) is 11.3 Å². The Morgan fingerprint density at radius 3 is 2.56 bits per heavy atom. The standard InChI is InChI=1S/C22H23N3OS/c1-16-9-7-8-14-25(16)20(26)15-27-22-19-13-6-5-12-18(19)21(23-24-22)17-10-3-2-4-11-17/h2-6,10-13,16H,7-9,14-15H2,1H3/t16-/m1/s1. The molecule has 0 bridgehead atoms. The Balaban J connectivity index is 1.59. The lowest BCUT2D eigenvalue weighted by atomic mass is 10.0. The van der Waals surface area contributed by atoms with Crippen molar-refractivity contribution in [3.05, 3.63) is 54.6 Å². The molecule has 1 amide bonds. The van der Waals surface area contributed by atoms with Gasteiger partial charge in [0.25, 0.3) is 0 Å². The van der Waals surface area contributed by atoms with Gasteiger partial charge in [-0.15, -0.1) is 10.2 Å². The van der Waals surface area contributed by atoms with Crippen LogP contribution in [0.1, 0.15) is 26.2 Å². The van der Waals surface area contributed by atoms with Crippen LogP contribution in [0.3, 0.4) is 0 Å². The first kappa shape index (κ1) is 18.0. The van der Waals surface area contributed by atoms with Crippen LogP contribution in [0.25, 0.3) is 22.0 Å². The third-order valence-electron chi connectivity index (χ3n) is 5.16. The van der Waals surface area contributed by atoms with E-state index in [0.717, 1.165) is 46.4 Å². The predicted octanol–water partition coefficient (Wildman–Crippen LogP) is 4.79. The van der Waals surface area contributed by atoms with Gasteiger partial charge in [-0.3, -0.25) is 4.79 Å². The van der Waals surface area contributed by atoms with Gasteiger partial charge in [-0.2, -0.15) is 0 Å². The third-order valence-corrected chi connectivity index (χ3v) is 6.12. The number of rotatable bonds is 4. The first-order valence-corrected chi connectivity index (χ1v) is 10.5. The maximum atomic E-state index is 12.7. The number of benzene rings is 2. The highest BCUT2D eigenvalue weighted by atomic mass is 32.2. The molecule has 1 aliphatic heterocycles. The van der Waals surface area contributed by atoms with E-state index in [1.54, 1.807) is 0 Å². The second-order valence-electron chi connectivity index (χ2n) is 6.99. The molecule has 4 rings (SSSR count). The van der Waals surface area contributed by atoms with E-state index in [0.29, 0.717) is 11.8 Å². The molecule has 0 radical (unpaired) electrons. The Morgan fingerprint density at radius 2 is 1.78 bits per heavy atom. The largest absolute Gasteiger partial charge is 0.339 e. The van der Waals surface area contributed by atoms with Gasteiger partial charge in [0.05, 0.1) is 5.75 Å². The normalized spacial score (nSPS) is 17.2. The number of hydrogen-bond donors (Lipinski definition) is 0. The number of carbonyl (C=O) groups excluding carboxylic acids is 1. The van der Waals surface area contributed by atoms with E-state index in [2.05, 4.69) is 29.3 Å². The average molecular weight is 378 g/mol. The van der Waals surface area contributed by atoms with Crippen LogP contribution in [-0.2, 0) is 4.79 Å². The van der Waals surface area contributed by atoms with Crippen molar-refractivity contribution in [2.24, 2.45) is 0 Å². The topological polar surface area (TPSA) is 46.1 Å². The van der Waals surface area contributed by atoms with E-state index in [4.69, 9.17) is 0 Å². The van der Waals surface area contributed by atoms with Crippen molar-refractivity contribution in [3.63, 3.8) is 0 Å². The first-order chi connectivity index (χ1) is 13.2. The first-order valence-electron chi connectivity index (χ1n) is 9.47. The fourth-order valence-corrected chi connectivity index (χ4v) is 4.53. The highest BCUT2D eigenvalue weighted by Crippen LogP contribution is 2.32. The summed E-state index contributed by atoms with van der Waals surface area (Å²) >= 11 is 1.49. The van der Waals surface area contributed by atoms with Crippen molar-refractivity contribution in [2.45, 2.75) is 37.3 Å². The smallest absolute Gasteiger partial charge is 0.233 e. The summed E-state index contributed by atoms with van der Waals surface area (Å²) in [5.41, 5.74) is 1.93. The molecule has 3 aromatic rings. The van der Waals surface area contributed by atoms with Crippen LogP contribution in [0.15, 0.2) is 59.6 Å². The summed E-state index contributed by atoms with van der Waals surface area (Å²) in [6.45, 7) is 3.02. The molecule has 1 saturated heterocycles. The summed E-state index contributed by atoms with van der Waals surface area (Å²) in [7, 11) is 0. The van der Waals surface area contributed by atoms with Gasteiger partial charge < -0.3 is 4.90 Å². The van der Waals surface area contributed by atoms with Gasteiger partial charge in [-0.25, -0.2) is 0 Å². The molecular weight excluding hydrogens is 354 g/mol. The average Bonchev–Trinajstić information content (AvgIpc) is 2.72. The minimum absolute atomic E-state index is 0.199. The van der Waals surface area contributed by atoms with Crippen LogP contribution < -0.4 is 0 Å². The molecule has 0 aliphatic carbocycles. The molecule has 0 spiro atoms. The molecular formula is C22H23N3OS. The number of fused-ring (bicyclic) bond motifs is 1. The van der Waals surface area contributed by atoms with Gasteiger partial charge >= 0.3 is 0 Å². The summed E-state index contributed by atoms with van der Waals surface area (Å²) in [5.74, 6) is 0.610. The molecule has 1 aromatic heterocycles. The van der Waals surface area contributed by atoms with E-state index in [9.17, 15) is 4.79 Å². The van der Waals surface area contributed by atoms with E-state index in [1.807, 2.05) is 47.4 Å². The molecule has 0 N–H and O–H groups in total. The summed E-state index contributed by atoms with van der Waals surface area (Å²) < 4.78 is 0. The van der Waals surface area contributed by atoms with Crippen LogP contribution in [0.2, 0.25) is 0 Å². The van der Waals surface area contributed by atoms with Crippen molar-refractivity contribution in [1.29, 1.82) is 0 Å². The number of nitrogens with zero attached hydrogens (tertiary/aromatic N) is 3. The molecule has 4 nitrogen and oxygen atoms in total. The summed E-state index contributed by atoms with van der Waals surface area (Å²) in [6.07, 6.45) is 3.43. The number of amides is 1. The molecule has 0 unspecified atom stereocenters. The maximum absolute atomic E-state index is 12.7. The molecule has 0 saturated carbocycles. The molecule has 2 aromatic carbocycles. The number of aromatic nitrogens is 2. The monoisotopic (exact) mass is 377 g/mol. The Morgan fingerprint density at radius 1 is 1.04 bits per heavy atom. The molecule has 1 fully saturated rings. The van der Waals surface area contributed by atoms with Gasteiger partial charge in [-0.1, -0.05) is 66.4 Å². The predicted molar refractivity (Wildman–Crippen MR) is 111 cm³/mol. The fourth-order valence-electron chi connectivity index (χ4n) is 3.68. The molecule has 2 heterocycles. The van der Waals surface area contributed by atoms with E-state index < -0.39 is 0 Å². The van der Waals surface area contributed by atoms with Gasteiger partial charge in [0.1, 0.15) is 10.7 Å². The lowest BCUT2D eigenvalue weighted by Gasteiger charge is -2.33.